The quantitative estimate of drug-likeness (QED) is 0.837. The molecule has 0 amide bonds. The summed E-state index contributed by atoms with van der Waals surface area (Å²) in [7, 11) is 0. The van der Waals surface area contributed by atoms with E-state index in [-0.39, 0.29) is 0 Å². The minimum absolute atomic E-state index is 0.296. The summed E-state index contributed by atoms with van der Waals surface area (Å²) in [6.45, 7) is 1.18. The summed E-state index contributed by atoms with van der Waals surface area (Å²) in [6, 6.07) is 15.7. The Labute approximate surface area is 108 Å². The van der Waals surface area contributed by atoms with E-state index in [1.54, 1.807) is 0 Å². The van der Waals surface area contributed by atoms with Crippen LogP contribution in [0.5, 0.6) is 0 Å². The Morgan fingerprint density at radius 3 is 2.56 bits per heavy atom. The molecular weight excluding hydrogens is 218 g/mol. The highest BCUT2D eigenvalue weighted by Gasteiger charge is 2.47. The second-order valence-corrected chi connectivity index (χ2v) is 5.84. The van der Waals surface area contributed by atoms with Gasteiger partial charge in [0.2, 0.25) is 0 Å². The van der Waals surface area contributed by atoms with Gasteiger partial charge in [-0.25, -0.2) is 0 Å². The summed E-state index contributed by atoms with van der Waals surface area (Å²) in [5.41, 5.74) is 1.81. The van der Waals surface area contributed by atoms with Crippen molar-refractivity contribution in [2.24, 2.45) is 5.92 Å². The second-order valence-electron chi connectivity index (χ2n) is 5.84. The van der Waals surface area contributed by atoms with Crippen molar-refractivity contribution in [3.63, 3.8) is 0 Å². The van der Waals surface area contributed by atoms with Gasteiger partial charge in [0.15, 0.2) is 0 Å². The molecule has 0 bridgehead atoms. The predicted molar refractivity (Wildman–Crippen MR) is 75.6 cm³/mol. The van der Waals surface area contributed by atoms with Gasteiger partial charge in [-0.1, -0.05) is 36.4 Å². The highest BCUT2D eigenvalue weighted by atomic mass is 15.0. The van der Waals surface area contributed by atoms with Crippen molar-refractivity contribution >= 4 is 10.8 Å². The topological polar surface area (TPSA) is 12.0 Å². The van der Waals surface area contributed by atoms with Gasteiger partial charge in [0.1, 0.15) is 0 Å². The maximum Gasteiger partial charge on any atom is 0.0463 e. The van der Waals surface area contributed by atoms with Gasteiger partial charge in [-0.15, -0.1) is 0 Å². The van der Waals surface area contributed by atoms with Crippen molar-refractivity contribution in [1.82, 2.24) is 5.32 Å². The Bertz CT molecular complexity index is 577. The molecule has 18 heavy (non-hydrogen) atoms. The summed E-state index contributed by atoms with van der Waals surface area (Å²) < 4.78 is 0. The third kappa shape index (κ3) is 1.50. The first kappa shape index (κ1) is 10.6. The standard InChI is InChI=1S/C17H19N/c1-2-5-14-12-16(7-6-13(14)4-1)17(15-8-9-15)10-3-11-18-17/h1-2,4-7,12,15,18H,3,8-11H2. The van der Waals surface area contributed by atoms with Crippen LogP contribution >= 0.6 is 0 Å². The number of fused-ring (bicyclic) bond motifs is 1. The zero-order valence-electron chi connectivity index (χ0n) is 10.7. The Hall–Kier alpha value is -1.34. The smallest absolute Gasteiger partial charge is 0.0463 e. The van der Waals surface area contributed by atoms with E-state index in [2.05, 4.69) is 47.8 Å². The van der Waals surface area contributed by atoms with Crippen molar-refractivity contribution in [3.8, 4) is 0 Å². The molecule has 1 heterocycles. The highest BCUT2D eigenvalue weighted by Crippen LogP contribution is 2.50. The monoisotopic (exact) mass is 237 g/mol. The third-order valence-electron chi connectivity index (χ3n) is 4.73. The van der Waals surface area contributed by atoms with Gasteiger partial charge in [-0.3, -0.25) is 0 Å². The molecule has 1 nitrogen and oxygen atoms in total. The van der Waals surface area contributed by atoms with Gasteiger partial charge < -0.3 is 5.32 Å². The van der Waals surface area contributed by atoms with Crippen molar-refractivity contribution in [2.75, 3.05) is 6.54 Å². The second kappa shape index (κ2) is 3.83. The molecule has 1 heteroatoms. The molecule has 92 valence electrons. The molecule has 2 aromatic carbocycles. The van der Waals surface area contributed by atoms with E-state index in [1.165, 1.54) is 48.6 Å². The first-order chi connectivity index (χ1) is 8.88. The zero-order valence-corrected chi connectivity index (χ0v) is 10.7. The third-order valence-corrected chi connectivity index (χ3v) is 4.73. The van der Waals surface area contributed by atoms with E-state index in [9.17, 15) is 0 Å². The fraction of sp³-hybridized carbons (Fsp3) is 0.412. The molecule has 1 N–H and O–H groups in total. The van der Waals surface area contributed by atoms with E-state index >= 15 is 0 Å². The van der Waals surface area contributed by atoms with Crippen molar-refractivity contribution < 1.29 is 0 Å². The Morgan fingerprint density at radius 2 is 1.83 bits per heavy atom. The molecule has 0 spiro atoms. The first-order valence-corrected chi connectivity index (χ1v) is 7.13. The van der Waals surface area contributed by atoms with E-state index in [0.717, 1.165) is 5.92 Å². The molecule has 2 aliphatic rings. The van der Waals surface area contributed by atoms with Crippen LogP contribution in [0, 0.1) is 5.92 Å². The molecule has 1 aliphatic carbocycles. The van der Waals surface area contributed by atoms with Gasteiger partial charge in [0.05, 0.1) is 0 Å². The van der Waals surface area contributed by atoms with E-state index < -0.39 is 0 Å². The van der Waals surface area contributed by atoms with Crippen LogP contribution < -0.4 is 5.32 Å². The average molecular weight is 237 g/mol. The molecule has 1 atom stereocenters. The fourth-order valence-electron chi connectivity index (χ4n) is 3.64. The lowest BCUT2D eigenvalue weighted by atomic mass is 9.83. The minimum atomic E-state index is 0.296. The van der Waals surface area contributed by atoms with Crippen LogP contribution in [0.4, 0.5) is 0 Å². The normalized spacial score (nSPS) is 27.8. The summed E-state index contributed by atoms with van der Waals surface area (Å²) >= 11 is 0. The Kier molecular flexibility index (Phi) is 2.25. The lowest BCUT2D eigenvalue weighted by molar-refractivity contribution is 0.336. The summed E-state index contributed by atoms with van der Waals surface area (Å²) in [4.78, 5) is 0. The lowest BCUT2D eigenvalue weighted by Gasteiger charge is -2.30. The number of benzene rings is 2. The van der Waals surface area contributed by atoms with Crippen molar-refractivity contribution in [2.45, 2.75) is 31.2 Å². The summed E-state index contributed by atoms with van der Waals surface area (Å²) in [5.74, 6) is 0.876. The maximum absolute atomic E-state index is 3.81. The van der Waals surface area contributed by atoms with Gasteiger partial charge in [0.25, 0.3) is 0 Å². The molecular formula is C17H19N. The van der Waals surface area contributed by atoms with Gasteiger partial charge in [-0.2, -0.15) is 0 Å². The van der Waals surface area contributed by atoms with Crippen LogP contribution in [0.2, 0.25) is 0 Å². The molecule has 0 radical (unpaired) electrons. The number of hydrogen-bond acceptors (Lipinski definition) is 1. The Balaban J connectivity index is 1.85. The minimum Gasteiger partial charge on any atom is -0.307 e. The van der Waals surface area contributed by atoms with Crippen LogP contribution in [0.15, 0.2) is 42.5 Å². The number of nitrogens with one attached hydrogen (secondary N) is 1. The SMILES string of the molecule is c1ccc2cc(C3(C4CC4)CCCN3)ccc2c1. The molecule has 2 aromatic rings. The maximum atomic E-state index is 3.81. The first-order valence-electron chi connectivity index (χ1n) is 7.13. The van der Waals surface area contributed by atoms with E-state index in [4.69, 9.17) is 0 Å². The summed E-state index contributed by atoms with van der Waals surface area (Å²) in [5, 5.41) is 6.54. The van der Waals surface area contributed by atoms with Crippen LogP contribution in [0.1, 0.15) is 31.2 Å². The van der Waals surface area contributed by atoms with Gasteiger partial charge >= 0.3 is 0 Å². The van der Waals surface area contributed by atoms with Crippen LogP contribution in [0.25, 0.3) is 10.8 Å². The highest BCUT2D eigenvalue weighted by molar-refractivity contribution is 5.83. The van der Waals surface area contributed by atoms with E-state index in [0.29, 0.717) is 5.54 Å². The molecule has 2 fully saturated rings. The zero-order chi connectivity index (χ0) is 12.0. The van der Waals surface area contributed by atoms with Crippen molar-refractivity contribution in [1.29, 1.82) is 0 Å². The number of rotatable bonds is 2. The lowest BCUT2D eigenvalue weighted by Crippen LogP contribution is -2.38. The molecule has 1 unspecified atom stereocenters. The van der Waals surface area contributed by atoms with Gasteiger partial charge in [-0.05, 0) is 60.5 Å². The summed E-state index contributed by atoms with van der Waals surface area (Å²) in [6.07, 6.45) is 5.44. The average Bonchev–Trinajstić information content (AvgIpc) is 3.17. The largest absolute Gasteiger partial charge is 0.307 e. The molecule has 1 aliphatic heterocycles. The van der Waals surface area contributed by atoms with Gasteiger partial charge in [0, 0.05) is 5.54 Å². The number of hydrogen-bond donors (Lipinski definition) is 1. The van der Waals surface area contributed by atoms with Crippen molar-refractivity contribution in [3.05, 3.63) is 48.0 Å². The fourth-order valence-corrected chi connectivity index (χ4v) is 3.64. The molecule has 0 aromatic heterocycles. The van der Waals surface area contributed by atoms with Crippen LogP contribution in [0.3, 0.4) is 0 Å². The predicted octanol–water partition coefficient (Wildman–Crippen LogP) is 3.83. The van der Waals surface area contributed by atoms with Crippen LogP contribution in [-0.2, 0) is 5.54 Å². The van der Waals surface area contributed by atoms with Crippen LogP contribution in [-0.4, -0.2) is 6.54 Å². The molecule has 1 saturated carbocycles. The van der Waals surface area contributed by atoms with E-state index in [1.807, 2.05) is 0 Å². The molecule has 4 rings (SSSR count). The molecule has 1 saturated heterocycles. The Morgan fingerprint density at radius 1 is 1.00 bits per heavy atom.